The number of anilines is 1. The molecule has 7 nitrogen and oxygen atoms in total. The molecule has 196 valence electrons. The fourth-order valence-corrected chi connectivity index (χ4v) is 4.43. The minimum atomic E-state index is -0.533. The number of esters is 1. The molecule has 2 aromatic heterocycles. The summed E-state index contributed by atoms with van der Waals surface area (Å²) in [5, 5.41) is 2.95. The molecule has 0 atom stereocenters. The van der Waals surface area contributed by atoms with E-state index in [1.165, 1.54) is 6.08 Å². The van der Waals surface area contributed by atoms with Crippen molar-refractivity contribution in [3.63, 3.8) is 0 Å². The Balaban J connectivity index is 1.63. The summed E-state index contributed by atoms with van der Waals surface area (Å²) in [4.78, 5) is 36.4. The van der Waals surface area contributed by atoms with Gasteiger partial charge in [-0.15, -0.1) is 0 Å². The molecule has 1 amide bonds. The standard InChI is InChI=1S/C32H30N4O3/c1-2-3-12-21-39-32(38)28-29-31(34-26-18-11-10-17-25(26)33-29)36(22-24-15-8-5-9-16-24)30(28)35-27(37)20-19-23-13-6-4-7-14-23/h4-11,13-20H,2-3,12,21-22H2,1H3,(H,35,37)/b20-19+. The van der Waals surface area contributed by atoms with Crippen LogP contribution in [0.15, 0.2) is 91.0 Å². The van der Waals surface area contributed by atoms with Gasteiger partial charge in [-0.05, 0) is 35.8 Å². The van der Waals surface area contributed by atoms with Crippen LogP contribution >= 0.6 is 0 Å². The van der Waals surface area contributed by atoms with Crippen LogP contribution in [0.5, 0.6) is 0 Å². The first-order chi connectivity index (χ1) is 19.1. The van der Waals surface area contributed by atoms with Crippen molar-refractivity contribution in [2.45, 2.75) is 32.7 Å². The van der Waals surface area contributed by atoms with E-state index >= 15 is 0 Å². The number of hydrogen-bond donors (Lipinski definition) is 1. The lowest BCUT2D eigenvalue weighted by Crippen LogP contribution is -2.17. The quantitative estimate of drug-likeness (QED) is 0.127. The summed E-state index contributed by atoms with van der Waals surface area (Å²) in [6.45, 7) is 2.77. The summed E-state index contributed by atoms with van der Waals surface area (Å²) >= 11 is 0. The molecule has 0 aliphatic rings. The molecule has 7 heteroatoms. The lowest BCUT2D eigenvalue weighted by molar-refractivity contribution is -0.111. The summed E-state index contributed by atoms with van der Waals surface area (Å²) in [6, 6.07) is 26.9. The highest BCUT2D eigenvalue weighted by atomic mass is 16.5. The predicted molar refractivity (Wildman–Crippen MR) is 154 cm³/mol. The Kier molecular flexibility index (Phi) is 8.07. The number of carbonyl (C=O) groups excluding carboxylic acids is 2. The summed E-state index contributed by atoms with van der Waals surface area (Å²) in [7, 11) is 0. The Morgan fingerprint density at radius 2 is 1.54 bits per heavy atom. The summed E-state index contributed by atoms with van der Waals surface area (Å²) in [5.74, 6) is -0.595. The van der Waals surface area contributed by atoms with E-state index in [0.717, 1.165) is 30.4 Å². The van der Waals surface area contributed by atoms with Crippen LogP contribution in [0.25, 0.3) is 28.3 Å². The van der Waals surface area contributed by atoms with Gasteiger partial charge in [-0.3, -0.25) is 4.79 Å². The molecular formula is C32H30N4O3. The fourth-order valence-electron chi connectivity index (χ4n) is 4.43. The summed E-state index contributed by atoms with van der Waals surface area (Å²) in [6.07, 6.45) is 5.92. The lowest BCUT2D eigenvalue weighted by atomic mass is 10.2. The molecular weight excluding hydrogens is 488 g/mol. The van der Waals surface area contributed by atoms with Crippen LogP contribution in [0.2, 0.25) is 0 Å². The summed E-state index contributed by atoms with van der Waals surface area (Å²) in [5.41, 5.74) is 4.33. The third-order valence-corrected chi connectivity index (χ3v) is 6.39. The van der Waals surface area contributed by atoms with Crippen molar-refractivity contribution >= 4 is 46.0 Å². The van der Waals surface area contributed by atoms with E-state index in [0.29, 0.717) is 41.2 Å². The fraction of sp³-hybridized carbons (Fsp3) is 0.188. The first-order valence-corrected chi connectivity index (χ1v) is 13.2. The molecule has 0 saturated heterocycles. The Bertz CT molecular complexity index is 1630. The molecule has 39 heavy (non-hydrogen) atoms. The SMILES string of the molecule is CCCCCOC(=O)c1c(NC(=O)/C=C/c2ccccc2)n(Cc2ccccc2)c2nc3ccccc3nc12. The smallest absolute Gasteiger partial charge is 0.344 e. The molecule has 0 aliphatic carbocycles. The number of nitrogens with one attached hydrogen (secondary N) is 1. The number of nitrogens with zero attached hydrogens (tertiary/aromatic N) is 3. The van der Waals surface area contributed by atoms with E-state index in [2.05, 4.69) is 12.2 Å². The minimum Gasteiger partial charge on any atom is -0.462 e. The molecule has 0 aliphatic heterocycles. The Labute approximate surface area is 227 Å². The van der Waals surface area contributed by atoms with Gasteiger partial charge in [-0.25, -0.2) is 14.8 Å². The third-order valence-electron chi connectivity index (χ3n) is 6.39. The van der Waals surface area contributed by atoms with Crippen LogP contribution in [-0.2, 0) is 16.1 Å². The predicted octanol–water partition coefficient (Wildman–Crippen LogP) is 6.63. The van der Waals surface area contributed by atoms with Gasteiger partial charge in [-0.2, -0.15) is 0 Å². The Morgan fingerprint density at radius 3 is 2.26 bits per heavy atom. The maximum atomic E-state index is 13.5. The molecule has 0 spiro atoms. The number of amides is 1. The van der Waals surface area contributed by atoms with Gasteiger partial charge in [0.15, 0.2) is 5.65 Å². The van der Waals surface area contributed by atoms with Crippen molar-refractivity contribution in [1.82, 2.24) is 14.5 Å². The topological polar surface area (TPSA) is 86.1 Å². The van der Waals surface area contributed by atoms with Gasteiger partial charge in [0.1, 0.15) is 16.9 Å². The number of carbonyl (C=O) groups is 2. The van der Waals surface area contributed by atoms with E-state index in [1.807, 2.05) is 89.5 Å². The van der Waals surface area contributed by atoms with Crippen LogP contribution in [0.3, 0.4) is 0 Å². The minimum absolute atomic E-state index is 0.206. The number of fused-ring (bicyclic) bond motifs is 2. The van der Waals surface area contributed by atoms with Crippen molar-refractivity contribution in [2.24, 2.45) is 0 Å². The first-order valence-electron chi connectivity index (χ1n) is 13.2. The van der Waals surface area contributed by atoms with Crippen LogP contribution in [0.4, 0.5) is 5.82 Å². The number of aromatic nitrogens is 3. The molecule has 3 aromatic carbocycles. The second-order valence-electron chi connectivity index (χ2n) is 9.26. The maximum Gasteiger partial charge on any atom is 0.344 e. The highest BCUT2D eigenvalue weighted by Gasteiger charge is 2.28. The van der Waals surface area contributed by atoms with Crippen molar-refractivity contribution in [2.75, 3.05) is 11.9 Å². The molecule has 0 bridgehead atoms. The van der Waals surface area contributed by atoms with Gasteiger partial charge in [0.2, 0.25) is 5.91 Å². The molecule has 0 radical (unpaired) electrons. The average molecular weight is 519 g/mol. The average Bonchev–Trinajstić information content (AvgIpc) is 3.25. The van der Waals surface area contributed by atoms with Gasteiger partial charge in [0, 0.05) is 6.08 Å². The molecule has 0 fully saturated rings. The Hall–Kier alpha value is -4.78. The van der Waals surface area contributed by atoms with Crippen molar-refractivity contribution in [3.8, 4) is 0 Å². The number of hydrogen-bond acceptors (Lipinski definition) is 5. The highest BCUT2D eigenvalue weighted by Crippen LogP contribution is 2.31. The van der Waals surface area contributed by atoms with Crippen LogP contribution in [0.1, 0.15) is 47.7 Å². The third kappa shape index (κ3) is 6.04. The van der Waals surface area contributed by atoms with Gasteiger partial charge < -0.3 is 14.6 Å². The van der Waals surface area contributed by atoms with Crippen LogP contribution < -0.4 is 5.32 Å². The largest absolute Gasteiger partial charge is 0.462 e. The number of benzene rings is 3. The molecule has 2 heterocycles. The zero-order valence-electron chi connectivity index (χ0n) is 21.8. The Morgan fingerprint density at radius 1 is 0.872 bits per heavy atom. The van der Waals surface area contributed by atoms with E-state index < -0.39 is 5.97 Å². The van der Waals surface area contributed by atoms with E-state index in [-0.39, 0.29) is 11.5 Å². The maximum absolute atomic E-state index is 13.5. The molecule has 1 N–H and O–H groups in total. The van der Waals surface area contributed by atoms with E-state index in [4.69, 9.17) is 14.7 Å². The van der Waals surface area contributed by atoms with E-state index in [9.17, 15) is 9.59 Å². The van der Waals surface area contributed by atoms with Crippen LogP contribution in [-0.4, -0.2) is 33.0 Å². The van der Waals surface area contributed by atoms with Gasteiger partial charge in [0.05, 0.1) is 24.2 Å². The lowest BCUT2D eigenvalue weighted by Gasteiger charge is -2.12. The molecule has 5 aromatic rings. The second kappa shape index (κ2) is 12.2. The zero-order valence-corrected chi connectivity index (χ0v) is 21.8. The van der Waals surface area contributed by atoms with Gasteiger partial charge >= 0.3 is 5.97 Å². The van der Waals surface area contributed by atoms with Gasteiger partial charge in [0.25, 0.3) is 0 Å². The molecule has 0 unspecified atom stereocenters. The second-order valence-corrected chi connectivity index (χ2v) is 9.26. The zero-order chi connectivity index (χ0) is 27.0. The number of unbranched alkanes of at least 4 members (excludes halogenated alkanes) is 2. The van der Waals surface area contributed by atoms with Crippen molar-refractivity contribution in [1.29, 1.82) is 0 Å². The first kappa shape index (κ1) is 25.9. The van der Waals surface area contributed by atoms with Crippen molar-refractivity contribution < 1.29 is 14.3 Å². The van der Waals surface area contributed by atoms with Gasteiger partial charge in [-0.1, -0.05) is 92.6 Å². The van der Waals surface area contributed by atoms with Crippen LogP contribution in [0, 0.1) is 0 Å². The van der Waals surface area contributed by atoms with E-state index in [1.54, 1.807) is 6.08 Å². The van der Waals surface area contributed by atoms with Crippen molar-refractivity contribution in [3.05, 3.63) is 108 Å². The summed E-state index contributed by atoms with van der Waals surface area (Å²) < 4.78 is 7.51. The number of ether oxygens (including phenoxy) is 1. The highest BCUT2D eigenvalue weighted by molar-refractivity contribution is 6.13. The molecule has 0 saturated carbocycles. The normalized spacial score (nSPS) is 11.3. The number of rotatable bonds is 10. The number of para-hydroxylation sites is 2. The monoisotopic (exact) mass is 518 g/mol. The molecule has 5 rings (SSSR count).